The molecule has 2 aromatic carbocycles. The molecule has 144 valence electrons. The molecule has 2 aliphatic heterocycles. The van der Waals surface area contributed by atoms with Crippen LogP contribution in [0.5, 0.6) is 17.2 Å². The Kier molecular flexibility index (Phi) is 4.37. The van der Waals surface area contributed by atoms with Gasteiger partial charge in [0.2, 0.25) is 22.6 Å². The number of nitrogens with one attached hydrogen (secondary N) is 2. The summed E-state index contributed by atoms with van der Waals surface area (Å²) in [5.41, 5.74) is 2.97. The lowest BCUT2D eigenvalue weighted by Gasteiger charge is -2.33. The van der Waals surface area contributed by atoms with Crippen LogP contribution in [0.2, 0.25) is 0 Å². The molecule has 9 heteroatoms. The van der Waals surface area contributed by atoms with Crippen LogP contribution >= 0.6 is 0 Å². The van der Waals surface area contributed by atoms with Gasteiger partial charge in [0.25, 0.3) is 0 Å². The van der Waals surface area contributed by atoms with E-state index in [0.29, 0.717) is 17.2 Å². The Bertz CT molecular complexity index is 975. The molecule has 27 heavy (non-hydrogen) atoms. The lowest BCUT2D eigenvalue weighted by Crippen LogP contribution is -3.11. The molecule has 0 saturated heterocycles. The standard InChI is InChI=1S/C18H21N3O5S/c1-21-8-7-11-9-14-16(26-10-25-14)17(24-2)15(11)18(21)20-12-3-5-13(6-4-12)27(19,22)23/h3-6,9,18,20H,7-8,10H2,1-2H3,(H2,19,22,23)/p+1/t18-/m1/s1. The van der Waals surface area contributed by atoms with Gasteiger partial charge in [-0.2, -0.15) is 0 Å². The van der Waals surface area contributed by atoms with Gasteiger partial charge in [0.05, 0.1) is 31.2 Å². The molecule has 2 aromatic rings. The number of likely N-dealkylation sites (N-methyl/N-ethyl adjacent to an activating group) is 1. The maximum atomic E-state index is 11.5. The minimum atomic E-state index is -3.71. The van der Waals surface area contributed by atoms with Crippen molar-refractivity contribution in [3.63, 3.8) is 0 Å². The Morgan fingerprint density at radius 3 is 2.67 bits per heavy atom. The summed E-state index contributed by atoms with van der Waals surface area (Å²) in [7, 11) is 0.0120. The molecule has 0 bridgehead atoms. The van der Waals surface area contributed by atoms with Crippen LogP contribution < -0.4 is 29.6 Å². The first-order valence-electron chi connectivity index (χ1n) is 8.59. The third-order valence-corrected chi connectivity index (χ3v) is 5.94. The summed E-state index contributed by atoms with van der Waals surface area (Å²) in [5, 5.41) is 8.65. The zero-order chi connectivity index (χ0) is 19.2. The molecular formula is C18H22N3O5S+. The Balaban J connectivity index is 1.72. The molecule has 1 unspecified atom stereocenters. The molecule has 0 fully saturated rings. The second-order valence-electron chi connectivity index (χ2n) is 6.71. The Labute approximate surface area is 157 Å². The molecule has 0 saturated carbocycles. The summed E-state index contributed by atoms with van der Waals surface area (Å²) in [6.45, 7) is 1.12. The van der Waals surface area contributed by atoms with E-state index in [-0.39, 0.29) is 17.9 Å². The summed E-state index contributed by atoms with van der Waals surface area (Å²) in [5.74, 6) is 2.02. The van der Waals surface area contributed by atoms with Crippen molar-refractivity contribution in [3.8, 4) is 17.2 Å². The largest absolute Gasteiger partial charge is 0.492 e. The predicted molar refractivity (Wildman–Crippen MR) is 98.8 cm³/mol. The topological polar surface area (TPSA) is 104 Å². The van der Waals surface area contributed by atoms with Crippen LogP contribution in [0, 0.1) is 0 Å². The second-order valence-corrected chi connectivity index (χ2v) is 8.27. The number of benzene rings is 2. The number of nitrogens with two attached hydrogens (primary N) is 1. The van der Waals surface area contributed by atoms with Gasteiger partial charge in [0.15, 0.2) is 17.7 Å². The van der Waals surface area contributed by atoms with Crippen molar-refractivity contribution in [1.29, 1.82) is 0 Å². The second kappa shape index (κ2) is 6.59. The van der Waals surface area contributed by atoms with Gasteiger partial charge in [0.1, 0.15) is 0 Å². The smallest absolute Gasteiger partial charge is 0.238 e. The zero-order valence-electron chi connectivity index (χ0n) is 15.1. The first-order chi connectivity index (χ1) is 12.9. The fourth-order valence-electron chi connectivity index (χ4n) is 3.63. The average molecular weight is 392 g/mol. The van der Waals surface area contributed by atoms with Gasteiger partial charge >= 0.3 is 0 Å². The van der Waals surface area contributed by atoms with Gasteiger partial charge in [-0.15, -0.1) is 0 Å². The first-order valence-corrected chi connectivity index (χ1v) is 10.1. The number of methoxy groups -OCH3 is 1. The number of hydrogen-bond donors (Lipinski definition) is 3. The van der Waals surface area contributed by atoms with E-state index in [1.807, 2.05) is 6.07 Å². The fraction of sp³-hybridized carbons (Fsp3) is 0.333. The van der Waals surface area contributed by atoms with Crippen molar-refractivity contribution in [3.05, 3.63) is 41.5 Å². The first kappa shape index (κ1) is 17.9. The Morgan fingerprint density at radius 1 is 1.26 bits per heavy atom. The Morgan fingerprint density at radius 2 is 2.00 bits per heavy atom. The van der Waals surface area contributed by atoms with Gasteiger partial charge in [-0.25, -0.2) is 13.6 Å². The fourth-order valence-corrected chi connectivity index (χ4v) is 4.14. The summed E-state index contributed by atoms with van der Waals surface area (Å²) < 4.78 is 39.7. The molecule has 0 aromatic heterocycles. The number of fused-ring (bicyclic) bond motifs is 2. The Hall–Kier alpha value is -2.49. The molecule has 8 nitrogen and oxygen atoms in total. The normalized spacial score (nSPS) is 20.9. The maximum absolute atomic E-state index is 11.5. The highest BCUT2D eigenvalue weighted by molar-refractivity contribution is 7.89. The van der Waals surface area contributed by atoms with Crippen LogP contribution in [-0.4, -0.2) is 35.9 Å². The van der Waals surface area contributed by atoms with Crippen molar-refractivity contribution < 1.29 is 27.5 Å². The number of primary sulfonamides is 1. The molecule has 2 atom stereocenters. The summed E-state index contributed by atoms with van der Waals surface area (Å²) in [6.07, 6.45) is 0.815. The van der Waals surface area contributed by atoms with Gasteiger partial charge in [-0.05, 0) is 35.9 Å². The van der Waals surface area contributed by atoms with E-state index in [1.54, 1.807) is 19.2 Å². The van der Waals surface area contributed by atoms with E-state index in [2.05, 4.69) is 12.4 Å². The highest BCUT2D eigenvalue weighted by Crippen LogP contribution is 2.47. The van der Waals surface area contributed by atoms with Crippen molar-refractivity contribution in [1.82, 2.24) is 0 Å². The molecule has 0 aliphatic carbocycles. The molecule has 0 radical (unpaired) electrons. The van der Waals surface area contributed by atoms with Crippen molar-refractivity contribution in [2.24, 2.45) is 5.14 Å². The molecular weight excluding hydrogens is 370 g/mol. The minimum Gasteiger partial charge on any atom is -0.492 e. The van der Waals surface area contributed by atoms with Gasteiger partial charge in [-0.1, -0.05) is 0 Å². The summed E-state index contributed by atoms with van der Waals surface area (Å²) in [6, 6.07) is 8.42. The number of sulfonamides is 1. The monoisotopic (exact) mass is 392 g/mol. The SMILES string of the molecule is COc1c2c(cc3c1[C@H](Nc1ccc(S(N)(=O)=O)cc1)[NH+](C)CC3)OCO2. The molecule has 0 spiro atoms. The van der Waals surface area contributed by atoms with E-state index in [0.717, 1.165) is 29.8 Å². The van der Waals surface area contributed by atoms with Gasteiger partial charge in [-0.3, -0.25) is 0 Å². The lowest BCUT2D eigenvalue weighted by atomic mass is 9.94. The number of anilines is 1. The van der Waals surface area contributed by atoms with Crippen LogP contribution in [0.25, 0.3) is 0 Å². The van der Waals surface area contributed by atoms with Gasteiger partial charge < -0.3 is 24.4 Å². The van der Waals surface area contributed by atoms with Crippen LogP contribution in [0.1, 0.15) is 17.3 Å². The van der Waals surface area contributed by atoms with Crippen LogP contribution in [0.4, 0.5) is 5.69 Å². The maximum Gasteiger partial charge on any atom is 0.238 e. The molecule has 4 rings (SSSR count). The van der Waals surface area contributed by atoms with Crippen molar-refractivity contribution >= 4 is 15.7 Å². The van der Waals surface area contributed by atoms with E-state index in [9.17, 15) is 8.42 Å². The lowest BCUT2D eigenvalue weighted by molar-refractivity contribution is -0.910. The minimum absolute atomic E-state index is 0.0822. The summed E-state index contributed by atoms with van der Waals surface area (Å²) in [4.78, 5) is 1.34. The summed E-state index contributed by atoms with van der Waals surface area (Å²) >= 11 is 0. The number of hydrogen-bond acceptors (Lipinski definition) is 6. The zero-order valence-corrected chi connectivity index (χ0v) is 15.9. The third kappa shape index (κ3) is 3.18. The number of quaternary nitrogens is 1. The van der Waals surface area contributed by atoms with E-state index >= 15 is 0 Å². The molecule has 4 N–H and O–H groups in total. The van der Waals surface area contributed by atoms with Gasteiger partial charge in [0, 0.05) is 12.1 Å². The quantitative estimate of drug-likeness (QED) is 0.689. The van der Waals surface area contributed by atoms with Crippen LogP contribution in [0.15, 0.2) is 35.2 Å². The highest BCUT2D eigenvalue weighted by atomic mass is 32.2. The van der Waals surface area contributed by atoms with Crippen molar-refractivity contribution in [2.45, 2.75) is 17.5 Å². The average Bonchev–Trinajstić information content (AvgIpc) is 3.10. The third-order valence-electron chi connectivity index (χ3n) is 5.01. The molecule has 2 aliphatic rings. The number of ether oxygens (including phenoxy) is 3. The predicted octanol–water partition coefficient (Wildman–Crippen LogP) is 0.253. The van der Waals surface area contributed by atoms with E-state index in [1.165, 1.54) is 17.0 Å². The molecule has 2 heterocycles. The molecule has 0 amide bonds. The van der Waals surface area contributed by atoms with E-state index < -0.39 is 10.0 Å². The highest BCUT2D eigenvalue weighted by Gasteiger charge is 2.36. The number of rotatable bonds is 4. The van der Waals surface area contributed by atoms with E-state index in [4.69, 9.17) is 19.3 Å². The van der Waals surface area contributed by atoms with Crippen molar-refractivity contribution in [2.75, 3.05) is 32.8 Å². The van der Waals surface area contributed by atoms with Crippen LogP contribution in [0.3, 0.4) is 0 Å². The van der Waals surface area contributed by atoms with Crippen LogP contribution in [-0.2, 0) is 16.4 Å².